The smallest absolute Gasteiger partial charge is 0.359 e. The minimum atomic E-state index is -0.912. The molecular formula is C16H18F2N2O2. The van der Waals surface area contributed by atoms with E-state index >= 15 is 0 Å². The van der Waals surface area contributed by atoms with E-state index in [2.05, 4.69) is 4.98 Å². The van der Waals surface area contributed by atoms with Gasteiger partial charge < -0.3 is 9.30 Å². The van der Waals surface area contributed by atoms with Crippen molar-refractivity contribution in [2.75, 3.05) is 6.61 Å². The summed E-state index contributed by atoms with van der Waals surface area (Å²) in [6, 6.07) is 5.58. The summed E-state index contributed by atoms with van der Waals surface area (Å²) < 4.78 is 34.0. The van der Waals surface area contributed by atoms with Crippen LogP contribution >= 0.6 is 0 Å². The van der Waals surface area contributed by atoms with Gasteiger partial charge in [0, 0.05) is 5.56 Å². The summed E-state index contributed by atoms with van der Waals surface area (Å²) in [4.78, 5) is 15.5. The fourth-order valence-electron chi connectivity index (χ4n) is 2.16. The number of esters is 1. The Kier molecular flexibility index (Phi) is 5.25. The Bertz CT molecular complexity index is 655. The van der Waals surface area contributed by atoms with Crippen molar-refractivity contribution in [3.05, 3.63) is 53.6 Å². The standard InChI is InChI=1S/C16H18F2N2O2/c1-3-4-9-22-16(21)14-15(18)19-10-20(14)11(2)12-7-5-6-8-13(12)17/h5-8,10-11H,3-4,9H2,1-2H3/t11-/m1/s1. The van der Waals surface area contributed by atoms with Crippen molar-refractivity contribution >= 4 is 5.97 Å². The highest BCUT2D eigenvalue weighted by Crippen LogP contribution is 2.23. The number of benzene rings is 1. The fourth-order valence-corrected chi connectivity index (χ4v) is 2.16. The van der Waals surface area contributed by atoms with Crippen LogP contribution in [0.25, 0.3) is 0 Å². The molecule has 22 heavy (non-hydrogen) atoms. The van der Waals surface area contributed by atoms with E-state index in [-0.39, 0.29) is 12.3 Å². The van der Waals surface area contributed by atoms with Gasteiger partial charge in [0.2, 0.25) is 5.95 Å². The number of rotatable bonds is 6. The third-order valence-electron chi connectivity index (χ3n) is 3.45. The number of unbranched alkanes of at least 4 members (excludes halogenated alkanes) is 1. The number of nitrogens with zero attached hydrogens (tertiary/aromatic N) is 2. The molecule has 118 valence electrons. The molecule has 0 radical (unpaired) electrons. The van der Waals surface area contributed by atoms with Gasteiger partial charge in [-0.05, 0) is 19.4 Å². The SMILES string of the molecule is CCCCOC(=O)c1c(F)ncn1[C@H](C)c1ccccc1F. The Morgan fingerprint density at radius 3 is 2.77 bits per heavy atom. The highest BCUT2D eigenvalue weighted by Gasteiger charge is 2.25. The van der Waals surface area contributed by atoms with Crippen LogP contribution in [-0.2, 0) is 4.74 Å². The average Bonchev–Trinajstić information content (AvgIpc) is 2.89. The lowest BCUT2D eigenvalue weighted by Gasteiger charge is -2.17. The zero-order valence-corrected chi connectivity index (χ0v) is 12.6. The van der Waals surface area contributed by atoms with Crippen LogP contribution in [0.3, 0.4) is 0 Å². The number of imidazole rings is 1. The number of hydrogen-bond acceptors (Lipinski definition) is 3. The number of ether oxygens (including phenoxy) is 1. The molecule has 0 fully saturated rings. The second-order valence-electron chi connectivity index (χ2n) is 4.98. The van der Waals surface area contributed by atoms with Gasteiger partial charge in [-0.2, -0.15) is 4.39 Å². The summed E-state index contributed by atoms with van der Waals surface area (Å²) in [5.41, 5.74) is 0.0642. The lowest BCUT2D eigenvalue weighted by molar-refractivity contribution is 0.0479. The first-order valence-corrected chi connectivity index (χ1v) is 7.20. The molecular weight excluding hydrogens is 290 g/mol. The van der Waals surface area contributed by atoms with Crippen LogP contribution in [0.1, 0.15) is 48.8 Å². The summed E-state index contributed by atoms with van der Waals surface area (Å²) in [5.74, 6) is -2.12. The molecule has 0 bridgehead atoms. The first-order valence-electron chi connectivity index (χ1n) is 7.20. The Hall–Kier alpha value is -2.24. The van der Waals surface area contributed by atoms with Crippen LogP contribution in [0.2, 0.25) is 0 Å². The average molecular weight is 308 g/mol. The first kappa shape index (κ1) is 16.1. The Morgan fingerprint density at radius 1 is 1.36 bits per heavy atom. The molecule has 1 aromatic heterocycles. The predicted octanol–water partition coefficient (Wildman–Crippen LogP) is 3.73. The van der Waals surface area contributed by atoms with Crippen LogP contribution in [0.15, 0.2) is 30.6 Å². The van der Waals surface area contributed by atoms with Crippen LogP contribution in [0.4, 0.5) is 8.78 Å². The van der Waals surface area contributed by atoms with Crippen molar-refractivity contribution in [3.63, 3.8) is 0 Å². The molecule has 0 saturated heterocycles. The normalized spacial score (nSPS) is 12.2. The molecule has 0 aliphatic heterocycles. The molecule has 1 aromatic carbocycles. The summed E-state index contributed by atoms with van der Waals surface area (Å²) >= 11 is 0. The highest BCUT2D eigenvalue weighted by molar-refractivity contribution is 5.87. The maximum atomic E-state index is 13.9. The van der Waals surface area contributed by atoms with E-state index in [1.807, 2.05) is 6.92 Å². The summed E-state index contributed by atoms with van der Waals surface area (Å²) in [6.07, 6.45) is 2.74. The van der Waals surface area contributed by atoms with Gasteiger partial charge in [0.15, 0.2) is 5.69 Å². The Morgan fingerprint density at radius 2 is 2.09 bits per heavy atom. The maximum absolute atomic E-state index is 13.9. The first-order chi connectivity index (χ1) is 10.6. The number of carbonyl (C=O) groups excluding carboxylic acids is 1. The topological polar surface area (TPSA) is 44.1 Å². The molecule has 2 rings (SSSR count). The van der Waals surface area contributed by atoms with Crippen LogP contribution in [-0.4, -0.2) is 22.1 Å². The maximum Gasteiger partial charge on any atom is 0.359 e. The zero-order valence-electron chi connectivity index (χ0n) is 12.6. The second-order valence-corrected chi connectivity index (χ2v) is 4.98. The molecule has 0 saturated carbocycles. The molecule has 0 unspecified atom stereocenters. The van der Waals surface area contributed by atoms with Crippen molar-refractivity contribution in [2.24, 2.45) is 0 Å². The monoisotopic (exact) mass is 308 g/mol. The third-order valence-corrected chi connectivity index (χ3v) is 3.45. The largest absolute Gasteiger partial charge is 0.461 e. The van der Waals surface area contributed by atoms with Crippen molar-refractivity contribution in [1.82, 2.24) is 9.55 Å². The molecule has 2 aromatic rings. The highest BCUT2D eigenvalue weighted by atomic mass is 19.1. The van der Waals surface area contributed by atoms with Gasteiger partial charge in [0.1, 0.15) is 5.82 Å². The van der Waals surface area contributed by atoms with Crippen LogP contribution in [0.5, 0.6) is 0 Å². The van der Waals surface area contributed by atoms with Gasteiger partial charge >= 0.3 is 5.97 Å². The van der Waals surface area contributed by atoms with E-state index in [0.29, 0.717) is 12.0 Å². The van der Waals surface area contributed by atoms with Crippen LogP contribution in [0, 0.1) is 11.8 Å². The van der Waals surface area contributed by atoms with Gasteiger partial charge in [-0.3, -0.25) is 0 Å². The minimum absolute atomic E-state index is 0.216. The number of carbonyl (C=O) groups is 1. The molecule has 4 nitrogen and oxygen atoms in total. The van der Waals surface area contributed by atoms with Crippen molar-refractivity contribution in [2.45, 2.75) is 32.7 Å². The van der Waals surface area contributed by atoms with E-state index in [1.165, 1.54) is 17.0 Å². The van der Waals surface area contributed by atoms with E-state index in [0.717, 1.165) is 6.42 Å². The van der Waals surface area contributed by atoms with Crippen molar-refractivity contribution < 1.29 is 18.3 Å². The number of aromatic nitrogens is 2. The summed E-state index contributed by atoms with van der Waals surface area (Å²) in [5, 5.41) is 0. The summed E-state index contributed by atoms with van der Waals surface area (Å²) in [6.45, 7) is 3.84. The predicted molar refractivity (Wildman–Crippen MR) is 77.6 cm³/mol. The molecule has 0 spiro atoms. The van der Waals surface area contributed by atoms with E-state index in [1.54, 1.807) is 25.1 Å². The fraction of sp³-hybridized carbons (Fsp3) is 0.375. The quantitative estimate of drug-likeness (QED) is 0.603. The molecule has 0 N–H and O–H groups in total. The van der Waals surface area contributed by atoms with Crippen molar-refractivity contribution in [1.29, 1.82) is 0 Å². The number of halogens is 2. The van der Waals surface area contributed by atoms with Gasteiger partial charge in [0.25, 0.3) is 0 Å². The Labute approximate surface area is 127 Å². The lowest BCUT2D eigenvalue weighted by atomic mass is 10.1. The molecule has 1 atom stereocenters. The molecule has 0 aliphatic carbocycles. The van der Waals surface area contributed by atoms with Gasteiger partial charge in [-0.1, -0.05) is 31.5 Å². The van der Waals surface area contributed by atoms with E-state index < -0.39 is 23.8 Å². The van der Waals surface area contributed by atoms with Crippen molar-refractivity contribution in [3.8, 4) is 0 Å². The van der Waals surface area contributed by atoms with Gasteiger partial charge in [-0.15, -0.1) is 0 Å². The molecule has 6 heteroatoms. The van der Waals surface area contributed by atoms with E-state index in [4.69, 9.17) is 4.74 Å². The molecule has 1 heterocycles. The molecule has 0 amide bonds. The lowest BCUT2D eigenvalue weighted by Crippen LogP contribution is -2.18. The Balaban J connectivity index is 2.29. The molecule has 0 aliphatic rings. The van der Waals surface area contributed by atoms with Gasteiger partial charge in [-0.25, -0.2) is 14.2 Å². The van der Waals surface area contributed by atoms with E-state index in [9.17, 15) is 13.6 Å². The third kappa shape index (κ3) is 3.32. The van der Waals surface area contributed by atoms with Crippen LogP contribution < -0.4 is 0 Å². The summed E-state index contributed by atoms with van der Waals surface area (Å²) in [7, 11) is 0. The second kappa shape index (κ2) is 7.15. The zero-order chi connectivity index (χ0) is 16.1. The minimum Gasteiger partial charge on any atom is -0.461 e. The number of hydrogen-bond donors (Lipinski definition) is 0. The van der Waals surface area contributed by atoms with Gasteiger partial charge in [0.05, 0.1) is 19.0 Å².